The fraction of sp³-hybridized carbons (Fsp3) is 0.258. The number of aliphatic imine (C=N–C) groups is 1. The highest BCUT2D eigenvalue weighted by atomic mass is 32.2. The van der Waals surface area contributed by atoms with E-state index in [4.69, 9.17) is 0 Å². The van der Waals surface area contributed by atoms with Gasteiger partial charge in [-0.25, -0.2) is 14.5 Å². The molecule has 0 unspecified atom stereocenters. The van der Waals surface area contributed by atoms with Crippen molar-refractivity contribution in [1.82, 2.24) is 20.1 Å². The molecule has 0 atom stereocenters. The van der Waals surface area contributed by atoms with E-state index in [1.54, 1.807) is 0 Å². The van der Waals surface area contributed by atoms with Gasteiger partial charge in [-0.05, 0) is 72.4 Å². The van der Waals surface area contributed by atoms with Crippen molar-refractivity contribution < 1.29 is 27.5 Å². The van der Waals surface area contributed by atoms with Gasteiger partial charge in [-0.15, -0.1) is 18.3 Å². The number of ether oxygens (including phenoxy) is 1. The maximum Gasteiger partial charge on any atom is 0.573 e. The lowest BCUT2D eigenvalue weighted by atomic mass is 9.99. The number of halogens is 3. The summed E-state index contributed by atoms with van der Waals surface area (Å²) in [6, 6.07) is 18.2. The van der Waals surface area contributed by atoms with Crippen molar-refractivity contribution in [3.05, 3.63) is 89.7 Å². The van der Waals surface area contributed by atoms with E-state index in [1.165, 1.54) is 51.9 Å². The highest BCUT2D eigenvalue weighted by molar-refractivity contribution is 8.15. The van der Waals surface area contributed by atoms with Gasteiger partial charge in [0.1, 0.15) is 12.1 Å². The van der Waals surface area contributed by atoms with Gasteiger partial charge in [0, 0.05) is 12.1 Å². The van der Waals surface area contributed by atoms with Crippen molar-refractivity contribution in [2.24, 2.45) is 4.99 Å². The topological polar surface area (TPSA) is 102 Å². The predicted molar refractivity (Wildman–Crippen MR) is 163 cm³/mol. The number of nitrogens with zero attached hydrogens (tertiary/aromatic N) is 5. The van der Waals surface area contributed by atoms with Crippen LogP contribution in [0.25, 0.3) is 17.1 Å². The van der Waals surface area contributed by atoms with E-state index in [2.05, 4.69) is 39.0 Å². The molecule has 0 spiro atoms. The third-order valence-electron chi connectivity index (χ3n) is 6.71. The molecule has 44 heavy (non-hydrogen) atoms. The van der Waals surface area contributed by atoms with Gasteiger partial charge in [0.25, 0.3) is 0 Å². The van der Waals surface area contributed by atoms with Crippen molar-refractivity contribution >= 4 is 34.6 Å². The van der Waals surface area contributed by atoms with E-state index >= 15 is 0 Å². The molecule has 1 fully saturated rings. The Balaban J connectivity index is 1.21. The Bertz CT molecular complexity index is 1700. The van der Waals surface area contributed by atoms with Crippen LogP contribution < -0.4 is 15.0 Å². The molecule has 228 valence electrons. The number of urea groups is 1. The molecule has 1 saturated heterocycles. The van der Waals surface area contributed by atoms with Crippen molar-refractivity contribution in [2.75, 3.05) is 17.2 Å². The first-order valence-electron chi connectivity index (χ1n) is 13.8. The first kappa shape index (κ1) is 30.8. The van der Waals surface area contributed by atoms with Crippen LogP contribution in [-0.2, 0) is 11.2 Å². The second kappa shape index (κ2) is 12.9. The number of carbonyl (C=O) groups excluding carboxylic acids is 2. The predicted octanol–water partition coefficient (Wildman–Crippen LogP) is 6.65. The number of rotatable bonds is 8. The average molecular weight is 623 g/mol. The van der Waals surface area contributed by atoms with Crippen molar-refractivity contribution in [3.8, 4) is 22.8 Å². The van der Waals surface area contributed by atoms with Crippen molar-refractivity contribution in [1.29, 1.82) is 0 Å². The molecule has 1 aliphatic rings. The highest BCUT2D eigenvalue weighted by Crippen LogP contribution is 2.34. The van der Waals surface area contributed by atoms with Crippen molar-refractivity contribution in [3.63, 3.8) is 0 Å². The summed E-state index contributed by atoms with van der Waals surface area (Å²) >= 11 is 1.24. The molecule has 13 heteroatoms. The summed E-state index contributed by atoms with van der Waals surface area (Å²) in [5.74, 6) is 0.387. The smallest absolute Gasteiger partial charge is 0.406 e. The summed E-state index contributed by atoms with van der Waals surface area (Å²) < 4.78 is 42.6. The van der Waals surface area contributed by atoms with E-state index in [0.717, 1.165) is 27.9 Å². The quantitative estimate of drug-likeness (QED) is 0.236. The Kier molecular flexibility index (Phi) is 9.04. The molecule has 4 aromatic rings. The molecular weight excluding hydrogens is 593 g/mol. The van der Waals surface area contributed by atoms with Gasteiger partial charge in [0.05, 0.1) is 17.1 Å². The molecule has 0 aliphatic carbocycles. The maximum atomic E-state index is 12.8. The lowest BCUT2D eigenvalue weighted by Gasteiger charge is -2.22. The Morgan fingerprint density at radius 3 is 2.61 bits per heavy atom. The van der Waals surface area contributed by atoms with Gasteiger partial charge in [0.15, 0.2) is 11.0 Å². The zero-order valence-electron chi connectivity index (χ0n) is 24.1. The van der Waals surface area contributed by atoms with E-state index in [-0.39, 0.29) is 23.3 Å². The Morgan fingerprint density at radius 2 is 1.89 bits per heavy atom. The SMILES string of the molecule is Cc1ccc(C(C)C)c(N2C(=O)CSC2=NC(=O)NCCc2cccc(-c3ncn(-c4ccc(OC(F)(F)F)cc4)n3)c2)c1. The van der Waals surface area contributed by atoms with Crippen LogP contribution in [0.3, 0.4) is 0 Å². The fourth-order valence-electron chi connectivity index (χ4n) is 4.64. The molecule has 1 aliphatic heterocycles. The number of amides is 3. The average Bonchev–Trinajstić information content (AvgIpc) is 3.60. The van der Waals surface area contributed by atoms with E-state index in [9.17, 15) is 22.8 Å². The zero-order chi connectivity index (χ0) is 31.4. The summed E-state index contributed by atoms with van der Waals surface area (Å²) in [5.41, 5.74) is 4.95. The van der Waals surface area contributed by atoms with Gasteiger partial charge < -0.3 is 10.1 Å². The number of aryl methyl sites for hydroxylation is 1. The molecule has 3 aromatic carbocycles. The maximum absolute atomic E-state index is 12.8. The molecular formula is C31H29F3N6O3S. The number of hydrogen-bond donors (Lipinski definition) is 1. The standard InChI is InChI=1S/C31H29F3N6O3S/c1-19(2)25-12-7-20(3)15-26(25)40-27(41)17-44-30(40)37-29(42)35-14-13-21-5-4-6-22(16-21)28-36-18-39(38-28)23-8-10-24(11-9-23)43-31(32,33)34/h4-12,15-16,18-19H,13-14,17H2,1-3H3,(H,35,42). The van der Waals surface area contributed by atoms with Crippen LogP contribution in [0.15, 0.2) is 78.0 Å². The Morgan fingerprint density at radius 1 is 1.11 bits per heavy atom. The van der Waals surface area contributed by atoms with Crippen LogP contribution in [0.2, 0.25) is 0 Å². The molecule has 1 N–H and O–H groups in total. The van der Waals surface area contributed by atoms with Crippen LogP contribution in [0, 0.1) is 6.92 Å². The number of alkyl halides is 3. The molecule has 3 amide bonds. The molecule has 0 bridgehead atoms. The summed E-state index contributed by atoms with van der Waals surface area (Å²) in [7, 11) is 0. The first-order chi connectivity index (χ1) is 21.0. The van der Waals surface area contributed by atoms with Gasteiger partial charge >= 0.3 is 12.4 Å². The Labute approximate surface area is 256 Å². The molecule has 9 nitrogen and oxygen atoms in total. The van der Waals surface area contributed by atoms with E-state index < -0.39 is 12.4 Å². The second-order valence-electron chi connectivity index (χ2n) is 10.4. The third kappa shape index (κ3) is 7.46. The number of aromatic nitrogens is 3. The van der Waals surface area contributed by atoms with Crippen LogP contribution in [0.1, 0.15) is 36.5 Å². The van der Waals surface area contributed by atoms with Crippen LogP contribution >= 0.6 is 11.8 Å². The van der Waals surface area contributed by atoms with Gasteiger partial charge in [-0.2, -0.15) is 4.99 Å². The van der Waals surface area contributed by atoms with Gasteiger partial charge in [0.2, 0.25) is 5.91 Å². The molecule has 2 heterocycles. The minimum Gasteiger partial charge on any atom is -0.406 e. The first-order valence-corrected chi connectivity index (χ1v) is 14.8. The molecule has 1 aromatic heterocycles. The monoisotopic (exact) mass is 622 g/mol. The molecule has 0 saturated carbocycles. The molecule has 0 radical (unpaired) electrons. The third-order valence-corrected chi connectivity index (χ3v) is 7.64. The largest absolute Gasteiger partial charge is 0.573 e. The molecule has 5 rings (SSSR count). The lowest BCUT2D eigenvalue weighted by molar-refractivity contribution is -0.274. The van der Waals surface area contributed by atoms with Crippen LogP contribution in [-0.4, -0.2) is 50.5 Å². The second-order valence-corrected chi connectivity index (χ2v) is 11.3. The van der Waals surface area contributed by atoms with Crippen LogP contribution in [0.5, 0.6) is 5.75 Å². The van der Waals surface area contributed by atoms with Crippen molar-refractivity contribution in [2.45, 2.75) is 39.5 Å². The summed E-state index contributed by atoms with van der Waals surface area (Å²) in [6.45, 7) is 6.38. The number of thioether (sulfide) groups is 1. The number of benzene rings is 3. The zero-order valence-corrected chi connectivity index (χ0v) is 24.9. The number of nitrogens with one attached hydrogen (secondary N) is 1. The van der Waals surface area contributed by atoms with E-state index in [0.29, 0.717) is 29.6 Å². The minimum absolute atomic E-state index is 0.116. The Hall–Kier alpha value is -4.65. The normalized spacial score (nSPS) is 14.5. The summed E-state index contributed by atoms with van der Waals surface area (Å²) in [6.07, 6.45) is -2.78. The fourth-order valence-corrected chi connectivity index (χ4v) is 5.50. The van der Waals surface area contributed by atoms with Crippen LogP contribution in [0.4, 0.5) is 23.7 Å². The summed E-state index contributed by atoms with van der Waals surface area (Å²) in [5, 5.41) is 7.60. The number of anilines is 1. The lowest BCUT2D eigenvalue weighted by Crippen LogP contribution is -2.32. The number of carbonyl (C=O) groups is 2. The van der Waals surface area contributed by atoms with Gasteiger partial charge in [-0.1, -0.05) is 55.9 Å². The minimum atomic E-state index is -4.76. The number of hydrogen-bond acceptors (Lipinski definition) is 6. The summed E-state index contributed by atoms with van der Waals surface area (Å²) in [4.78, 5) is 35.6. The highest BCUT2D eigenvalue weighted by Gasteiger charge is 2.33. The number of amidine groups is 1. The van der Waals surface area contributed by atoms with Gasteiger partial charge in [-0.3, -0.25) is 9.69 Å². The van der Waals surface area contributed by atoms with E-state index in [1.807, 2.05) is 49.4 Å².